The molecule has 0 aliphatic carbocycles. The largest absolute Gasteiger partial charge is 0.345 e. The van der Waals surface area contributed by atoms with E-state index in [2.05, 4.69) is 10.3 Å². The molecule has 3 rings (SSSR count). The number of aromatic nitrogens is 1. The average Bonchev–Trinajstić information content (AvgIpc) is 2.84. The van der Waals surface area contributed by atoms with Gasteiger partial charge in [0.2, 0.25) is 0 Å². The highest BCUT2D eigenvalue weighted by Gasteiger charge is 2.24. The standard InChI is InChI=1S/C16H16N2O4S/c1-2-10-3-4-11-8-13(16(20)18-14(11)7-10)15(19)17-12-5-6-23(21,22)9-12/h3-8,12H,2,9H2,1H3,(H,17,19)(H,18,20). The first-order valence-corrected chi connectivity index (χ1v) is 8.97. The van der Waals surface area contributed by atoms with Crippen LogP contribution in [0.1, 0.15) is 22.8 Å². The number of aryl methyl sites for hydroxylation is 1. The Hall–Kier alpha value is -2.41. The lowest BCUT2D eigenvalue weighted by molar-refractivity contribution is 0.0946. The lowest BCUT2D eigenvalue weighted by Gasteiger charge is -2.10. The number of fused-ring (bicyclic) bond motifs is 1. The van der Waals surface area contributed by atoms with Crippen LogP contribution in [0.25, 0.3) is 10.9 Å². The van der Waals surface area contributed by atoms with E-state index in [9.17, 15) is 18.0 Å². The molecule has 0 spiro atoms. The van der Waals surface area contributed by atoms with Crippen molar-refractivity contribution < 1.29 is 13.2 Å². The number of rotatable bonds is 3. The maximum absolute atomic E-state index is 12.2. The van der Waals surface area contributed by atoms with Crippen LogP contribution in [0.2, 0.25) is 0 Å². The van der Waals surface area contributed by atoms with E-state index in [0.29, 0.717) is 5.52 Å². The van der Waals surface area contributed by atoms with Gasteiger partial charge in [-0.25, -0.2) is 8.42 Å². The molecule has 1 amide bonds. The molecular weight excluding hydrogens is 316 g/mol. The van der Waals surface area contributed by atoms with Crippen LogP contribution in [0, 0.1) is 0 Å². The molecule has 2 aromatic rings. The molecule has 0 bridgehead atoms. The number of nitrogens with one attached hydrogen (secondary N) is 2. The van der Waals surface area contributed by atoms with Gasteiger partial charge in [-0.2, -0.15) is 0 Å². The number of H-pyrrole nitrogens is 1. The van der Waals surface area contributed by atoms with Crippen LogP contribution in [0.3, 0.4) is 0 Å². The van der Waals surface area contributed by atoms with Crippen molar-refractivity contribution in [2.24, 2.45) is 0 Å². The summed E-state index contributed by atoms with van der Waals surface area (Å²) in [6.45, 7) is 2.02. The van der Waals surface area contributed by atoms with Gasteiger partial charge in [0.25, 0.3) is 11.5 Å². The molecule has 1 aromatic carbocycles. The number of aromatic amines is 1. The first-order valence-electron chi connectivity index (χ1n) is 7.26. The van der Waals surface area contributed by atoms with Crippen molar-refractivity contribution in [3.8, 4) is 0 Å². The molecular formula is C16H16N2O4S. The zero-order valence-electron chi connectivity index (χ0n) is 12.5. The molecule has 0 saturated carbocycles. The summed E-state index contributed by atoms with van der Waals surface area (Å²) in [4.78, 5) is 27.1. The van der Waals surface area contributed by atoms with Gasteiger partial charge in [0.15, 0.2) is 9.84 Å². The van der Waals surface area contributed by atoms with E-state index >= 15 is 0 Å². The predicted octanol–water partition coefficient (Wildman–Crippen LogP) is 1.13. The SMILES string of the molecule is CCc1ccc2cc(C(=O)NC3C=CS(=O)(=O)C3)c(=O)[nH]c2c1. The highest BCUT2D eigenvalue weighted by Crippen LogP contribution is 2.14. The first kappa shape index (κ1) is 15.5. The van der Waals surface area contributed by atoms with Crippen LogP contribution >= 0.6 is 0 Å². The molecule has 2 N–H and O–H groups in total. The van der Waals surface area contributed by atoms with E-state index in [1.165, 1.54) is 12.1 Å². The molecule has 0 fully saturated rings. The van der Waals surface area contributed by atoms with Crippen LogP contribution in [0.15, 0.2) is 40.5 Å². The molecule has 1 aromatic heterocycles. The Balaban J connectivity index is 1.90. The molecule has 2 heterocycles. The van der Waals surface area contributed by atoms with Gasteiger partial charge in [0, 0.05) is 10.9 Å². The topological polar surface area (TPSA) is 96.1 Å². The molecule has 1 aliphatic heterocycles. The van der Waals surface area contributed by atoms with E-state index in [0.717, 1.165) is 22.8 Å². The summed E-state index contributed by atoms with van der Waals surface area (Å²) in [6.07, 6.45) is 2.26. The number of hydrogen-bond donors (Lipinski definition) is 2. The monoisotopic (exact) mass is 332 g/mol. The summed E-state index contributed by atoms with van der Waals surface area (Å²) in [5.41, 5.74) is 1.24. The van der Waals surface area contributed by atoms with Crippen molar-refractivity contribution in [3.05, 3.63) is 57.2 Å². The van der Waals surface area contributed by atoms with Crippen molar-refractivity contribution in [2.75, 3.05) is 5.75 Å². The van der Waals surface area contributed by atoms with Crippen LogP contribution in [-0.4, -0.2) is 31.1 Å². The van der Waals surface area contributed by atoms with Crippen LogP contribution in [0.5, 0.6) is 0 Å². The van der Waals surface area contributed by atoms with Crippen molar-refractivity contribution in [3.63, 3.8) is 0 Å². The lowest BCUT2D eigenvalue weighted by Crippen LogP contribution is -2.38. The van der Waals surface area contributed by atoms with Gasteiger partial charge in [-0.15, -0.1) is 0 Å². The Bertz CT molecular complexity index is 973. The predicted molar refractivity (Wildman–Crippen MR) is 88.1 cm³/mol. The normalized spacial score (nSPS) is 19.1. The summed E-state index contributed by atoms with van der Waals surface area (Å²) in [6, 6.07) is 6.58. The first-order chi connectivity index (χ1) is 10.9. The highest BCUT2D eigenvalue weighted by atomic mass is 32.2. The minimum Gasteiger partial charge on any atom is -0.345 e. The third-order valence-corrected chi connectivity index (χ3v) is 5.21. The van der Waals surface area contributed by atoms with Crippen LogP contribution in [0.4, 0.5) is 0 Å². The maximum atomic E-state index is 12.2. The zero-order valence-corrected chi connectivity index (χ0v) is 13.3. The summed E-state index contributed by atoms with van der Waals surface area (Å²) in [5, 5.41) is 4.38. The Kier molecular flexibility index (Phi) is 3.81. The van der Waals surface area contributed by atoms with E-state index in [1.807, 2.05) is 25.1 Å². The molecule has 6 nitrogen and oxygen atoms in total. The second-order valence-corrected chi connectivity index (χ2v) is 7.46. The number of pyridine rings is 1. The van der Waals surface area contributed by atoms with Crippen molar-refractivity contribution >= 4 is 26.6 Å². The lowest BCUT2D eigenvalue weighted by atomic mass is 10.1. The molecule has 0 radical (unpaired) electrons. The van der Waals surface area contributed by atoms with E-state index < -0.39 is 27.3 Å². The molecule has 0 saturated heterocycles. The second-order valence-electron chi connectivity index (χ2n) is 5.53. The van der Waals surface area contributed by atoms with Gasteiger partial charge in [0.1, 0.15) is 5.56 Å². The quantitative estimate of drug-likeness (QED) is 0.880. The van der Waals surface area contributed by atoms with E-state index in [-0.39, 0.29) is 11.3 Å². The van der Waals surface area contributed by atoms with Crippen molar-refractivity contribution in [2.45, 2.75) is 19.4 Å². The van der Waals surface area contributed by atoms with Gasteiger partial charge >= 0.3 is 0 Å². The Morgan fingerprint density at radius 2 is 2.13 bits per heavy atom. The molecule has 1 atom stereocenters. The number of benzene rings is 1. The fourth-order valence-electron chi connectivity index (χ4n) is 2.55. The van der Waals surface area contributed by atoms with Crippen LogP contribution < -0.4 is 10.9 Å². The van der Waals surface area contributed by atoms with Gasteiger partial charge in [0.05, 0.1) is 11.8 Å². The van der Waals surface area contributed by atoms with Crippen molar-refractivity contribution in [1.29, 1.82) is 0 Å². The maximum Gasteiger partial charge on any atom is 0.261 e. The fraction of sp³-hybridized carbons (Fsp3) is 0.250. The van der Waals surface area contributed by atoms with Gasteiger partial charge < -0.3 is 10.3 Å². The van der Waals surface area contributed by atoms with E-state index in [4.69, 9.17) is 0 Å². The van der Waals surface area contributed by atoms with Gasteiger partial charge in [-0.05, 0) is 35.6 Å². The summed E-state index contributed by atoms with van der Waals surface area (Å²) in [7, 11) is -3.26. The summed E-state index contributed by atoms with van der Waals surface area (Å²) >= 11 is 0. The minimum atomic E-state index is -3.26. The third kappa shape index (κ3) is 3.19. The van der Waals surface area contributed by atoms with Gasteiger partial charge in [-0.1, -0.05) is 19.1 Å². The number of carbonyl (C=O) groups is 1. The van der Waals surface area contributed by atoms with E-state index in [1.54, 1.807) is 0 Å². The molecule has 120 valence electrons. The average molecular weight is 332 g/mol. The Morgan fingerprint density at radius 3 is 2.78 bits per heavy atom. The Labute approximate surface area is 133 Å². The molecule has 1 aliphatic rings. The number of carbonyl (C=O) groups excluding carboxylic acids is 1. The molecule has 23 heavy (non-hydrogen) atoms. The van der Waals surface area contributed by atoms with Crippen LogP contribution in [-0.2, 0) is 16.3 Å². The number of amides is 1. The summed E-state index contributed by atoms with van der Waals surface area (Å²) in [5.74, 6) is -0.760. The van der Waals surface area contributed by atoms with Crippen molar-refractivity contribution in [1.82, 2.24) is 10.3 Å². The fourth-order valence-corrected chi connectivity index (χ4v) is 3.78. The molecule has 1 unspecified atom stereocenters. The highest BCUT2D eigenvalue weighted by molar-refractivity contribution is 7.94. The number of hydrogen-bond acceptors (Lipinski definition) is 4. The Morgan fingerprint density at radius 1 is 1.35 bits per heavy atom. The zero-order chi connectivity index (χ0) is 16.6. The number of sulfone groups is 1. The van der Waals surface area contributed by atoms with Gasteiger partial charge in [-0.3, -0.25) is 9.59 Å². The smallest absolute Gasteiger partial charge is 0.261 e. The summed E-state index contributed by atoms with van der Waals surface area (Å²) < 4.78 is 22.7. The second kappa shape index (κ2) is 5.66. The minimum absolute atomic E-state index is 0.0283. The molecule has 7 heteroatoms. The third-order valence-electron chi connectivity index (χ3n) is 3.81.